The fourth-order valence-corrected chi connectivity index (χ4v) is 6.53. The summed E-state index contributed by atoms with van der Waals surface area (Å²) < 4.78 is 24.1. The van der Waals surface area contributed by atoms with Crippen molar-refractivity contribution in [3.63, 3.8) is 0 Å². The summed E-state index contributed by atoms with van der Waals surface area (Å²) in [6, 6.07) is 1.90. The van der Waals surface area contributed by atoms with E-state index in [4.69, 9.17) is 4.98 Å². The summed E-state index contributed by atoms with van der Waals surface area (Å²) in [5.41, 5.74) is 0. The van der Waals surface area contributed by atoms with E-state index in [1.165, 1.54) is 12.8 Å². The minimum absolute atomic E-state index is 0.00829. The van der Waals surface area contributed by atoms with Crippen LogP contribution in [0.25, 0.3) is 0 Å². The molecule has 1 N–H and O–H groups in total. The van der Waals surface area contributed by atoms with Gasteiger partial charge >= 0.3 is 0 Å². The summed E-state index contributed by atoms with van der Waals surface area (Å²) in [7, 11) is -2.97. The van der Waals surface area contributed by atoms with Crippen molar-refractivity contribution in [3.05, 3.63) is 12.3 Å². The SMILES string of the molecule is CC(C)C1CCN(c2nccc(N3CCN[C@@H]4CS(=O)(=O)C[C@@H]43)n2)CC1. The van der Waals surface area contributed by atoms with Crippen molar-refractivity contribution in [1.82, 2.24) is 15.3 Å². The number of piperidine rings is 1. The van der Waals surface area contributed by atoms with Crippen LogP contribution in [0.5, 0.6) is 0 Å². The number of aromatic nitrogens is 2. The number of nitrogens with zero attached hydrogens (tertiary/aromatic N) is 4. The maximum Gasteiger partial charge on any atom is 0.227 e. The van der Waals surface area contributed by atoms with Gasteiger partial charge in [0, 0.05) is 38.4 Å². The molecule has 8 heteroatoms. The van der Waals surface area contributed by atoms with Gasteiger partial charge in [-0.15, -0.1) is 0 Å². The van der Waals surface area contributed by atoms with Gasteiger partial charge in [-0.1, -0.05) is 13.8 Å². The van der Waals surface area contributed by atoms with Gasteiger partial charge in [0.25, 0.3) is 0 Å². The second-order valence-corrected chi connectivity index (χ2v) is 10.3. The van der Waals surface area contributed by atoms with Crippen molar-refractivity contribution >= 4 is 21.6 Å². The van der Waals surface area contributed by atoms with Crippen LogP contribution in [0, 0.1) is 11.8 Å². The zero-order valence-corrected chi connectivity index (χ0v) is 16.5. The summed E-state index contributed by atoms with van der Waals surface area (Å²) in [6.45, 7) is 8.16. The molecule has 0 aliphatic carbocycles. The quantitative estimate of drug-likeness (QED) is 0.837. The van der Waals surface area contributed by atoms with Crippen molar-refractivity contribution < 1.29 is 8.42 Å². The first-order valence-corrected chi connectivity index (χ1v) is 11.5. The largest absolute Gasteiger partial charge is 0.350 e. The van der Waals surface area contributed by atoms with Gasteiger partial charge in [-0.25, -0.2) is 13.4 Å². The average Bonchev–Trinajstić information content (AvgIpc) is 2.95. The van der Waals surface area contributed by atoms with Crippen LogP contribution < -0.4 is 15.1 Å². The predicted molar refractivity (Wildman–Crippen MR) is 103 cm³/mol. The molecule has 144 valence electrons. The molecule has 2 atom stereocenters. The Morgan fingerprint density at radius 1 is 1.19 bits per heavy atom. The molecule has 3 saturated heterocycles. The molecule has 4 rings (SSSR count). The monoisotopic (exact) mass is 379 g/mol. The van der Waals surface area contributed by atoms with Crippen LogP contribution >= 0.6 is 0 Å². The molecule has 3 aliphatic heterocycles. The number of nitrogens with one attached hydrogen (secondary N) is 1. The van der Waals surface area contributed by atoms with E-state index in [1.807, 2.05) is 12.3 Å². The number of rotatable bonds is 3. The van der Waals surface area contributed by atoms with Crippen LogP contribution in [-0.2, 0) is 9.84 Å². The minimum Gasteiger partial charge on any atom is -0.350 e. The molecule has 0 bridgehead atoms. The third-order valence-electron chi connectivity index (χ3n) is 6.17. The molecular weight excluding hydrogens is 350 g/mol. The van der Waals surface area contributed by atoms with Crippen LogP contribution in [-0.4, -0.2) is 68.2 Å². The molecule has 0 aromatic carbocycles. The molecule has 4 heterocycles. The van der Waals surface area contributed by atoms with E-state index in [-0.39, 0.29) is 23.6 Å². The molecule has 0 saturated carbocycles. The summed E-state index contributed by atoms with van der Waals surface area (Å²) in [5.74, 6) is 3.59. The molecule has 0 amide bonds. The van der Waals surface area contributed by atoms with Crippen molar-refractivity contribution in [2.45, 2.75) is 38.8 Å². The summed E-state index contributed by atoms with van der Waals surface area (Å²) in [5, 5.41) is 3.36. The third kappa shape index (κ3) is 3.53. The molecular formula is C18H29N5O2S. The molecule has 7 nitrogen and oxygen atoms in total. The Hall–Kier alpha value is -1.41. The number of hydrogen-bond donors (Lipinski definition) is 1. The normalized spacial score (nSPS) is 29.2. The highest BCUT2D eigenvalue weighted by Gasteiger charge is 2.43. The van der Waals surface area contributed by atoms with Gasteiger partial charge in [0.2, 0.25) is 5.95 Å². The Labute approximate surface area is 156 Å². The first kappa shape index (κ1) is 18.0. The molecule has 0 radical (unpaired) electrons. The van der Waals surface area contributed by atoms with Crippen LogP contribution in [0.3, 0.4) is 0 Å². The number of anilines is 2. The first-order valence-electron chi connectivity index (χ1n) is 9.71. The highest BCUT2D eigenvalue weighted by atomic mass is 32.2. The van der Waals surface area contributed by atoms with E-state index >= 15 is 0 Å². The lowest BCUT2D eigenvalue weighted by molar-refractivity contribution is 0.310. The van der Waals surface area contributed by atoms with Crippen molar-refractivity contribution in [2.75, 3.05) is 47.5 Å². The fourth-order valence-electron chi connectivity index (χ4n) is 4.57. The Morgan fingerprint density at radius 3 is 2.69 bits per heavy atom. The third-order valence-corrected chi connectivity index (χ3v) is 7.89. The highest BCUT2D eigenvalue weighted by molar-refractivity contribution is 7.91. The van der Waals surface area contributed by atoms with Crippen LogP contribution in [0.15, 0.2) is 12.3 Å². The number of sulfone groups is 1. The zero-order chi connectivity index (χ0) is 18.3. The van der Waals surface area contributed by atoms with Crippen LogP contribution in [0.2, 0.25) is 0 Å². The zero-order valence-electron chi connectivity index (χ0n) is 15.6. The van der Waals surface area contributed by atoms with Gasteiger partial charge in [-0.05, 0) is 30.7 Å². The van der Waals surface area contributed by atoms with E-state index in [0.717, 1.165) is 49.8 Å². The average molecular weight is 380 g/mol. The molecule has 0 unspecified atom stereocenters. The van der Waals surface area contributed by atoms with E-state index in [9.17, 15) is 8.42 Å². The maximum atomic E-state index is 12.1. The molecule has 1 aromatic heterocycles. The second kappa shape index (κ2) is 6.96. The molecule has 26 heavy (non-hydrogen) atoms. The Kier molecular flexibility index (Phi) is 4.81. The van der Waals surface area contributed by atoms with E-state index < -0.39 is 9.84 Å². The highest BCUT2D eigenvalue weighted by Crippen LogP contribution is 2.29. The van der Waals surface area contributed by atoms with Gasteiger partial charge in [0.15, 0.2) is 9.84 Å². The summed E-state index contributed by atoms with van der Waals surface area (Å²) in [6.07, 6.45) is 4.18. The van der Waals surface area contributed by atoms with Crippen LogP contribution in [0.1, 0.15) is 26.7 Å². The number of fused-ring (bicyclic) bond motifs is 1. The van der Waals surface area contributed by atoms with Gasteiger partial charge < -0.3 is 15.1 Å². The Balaban J connectivity index is 1.51. The van der Waals surface area contributed by atoms with E-state index in [1.54, 1.807) is 0 Å². The Morgan fingerprint density at radius 2 is 1.96 bits per heavy atom. The standard InChI is InChI=1S/C18H29N5O2S/c1-13(2)14-4-8-22(9-5-14)18-20-6-3-17(21-18)23-10-7-19-15-11-26(24,25)12-16(15)23/h3,6,13-16,19H,4-5,7-12H2,1-2H3/t15-,16+/m1/s1. The predicted octanol–water partition coefficient (Wildman–Crippen LogP) is 0.924. The maximum absolute atomic E-state index is 12.1. The van der Waals surface area contributed by atoms with E-state index in [0.29, 0.717) is 0 Å². The lowest BCUT2D eigenvalue weighted by atomic mass is 9.87. The van der Waals surface area contributed by atoms with Gasteiger partial charge in [0.05, 0.1) is 17.5 Å². The lowest BCUT2D eigenvalue weighted by Gasteiger charge is -2.39. The molecule has 3 fully saturated rings. The smallest absolute Gasteiger partial charge is 0.227 e. The topological polar surface area (TPSA) is 78.4 Å². The summed E-state index contributed by atoms with van der Waals surface area (Å²) >= 11 is 0. The number of piperazine rings is 1. The number of hydrogen-bond acceptors (Lipinski definition) is 7. The first-order chi connectivity index (χ1) is 12.4. The van der Waals surface area contributed by atoms with Crippen molar-refractivity contribution in [1.29, 1.82) is 0 Å². The van der Waals surface area contributed by atoms with E-state index in [2.05, 4.69) is 33.9 Å². The molecule has 1 aromatic rings. The summed E-state index contributed by atoms with van der Waals surface area (Å²) in [4.78, 5) is 13.7. The van der Waals surface area contributed by atoms with Gasteiger partial charge in [0.1, 0.15) is 5.82 Å². The van der Waals surface area contributed by atoms with Gasteiger partial charge in [-0.3, -0.25) is 0 Å². The van der Waals surface area contributed by atoms with Crippen molar-refractivity contribution in [2.24, 2.45) is 11.8 Å². The van der Waals surface area contributed by atoms with Crippen LogP contribution in [0.4, 0.5) is 11.8 Å². The molecule has 0 spiro atoms. The van der Waals surface area contributed by atoms with Crippen molar-refractivity contribution in [3.8, 4) is 0 Å². The second-order valence-electron chi connectivity index (χ2n) is 8.18. The lowest BCUT2D eigenvalue weighted by Crippen LogP contribution is -2.57. The van der Waals surface area contributed by atoms with Gasteiger partial charge in [-0.2, -0.15) is 4.98 Å². The Bertz CT molecular complexity index is 746. The fraction of sp³-hybridized carbons (Fsp3) is 0.778. The minimum atomic E-state index is -2.97. The molecule has 3 aliphatic rings.